The Hall–Kier alpha value is -2.83. The van der Waals surface area contributed by atoms with Crippen molar-refractivity contribution in [2.45, 2.75) is 31.2 Å². The molecule has 1 amide bonds. The van der Waals surface area contributed by atoms with Gasteiger partial charge in [-0.05, 0) is 73.9 Å². The summed E-state index contributed by atoms with van der Waals surface area (Å²) in [5.41, 5.74) is 3.40. The molecule has 0 aliphatic carbocycles. The molecule has 1 aliphatic heterocycles. The minimum atomic E-state index is -3.79. The fourth-order valence-electron chi connectivity index (χ4n) is 3.71. The molecular weight excluding hydrogens is 420 g/mol. The maximum absolute atomic E-state index is 13.0. The maximum atomic E-state index is 13.0. The number of aryl methyl sites for hydroxylation is 1. The van der Waals surface area contributed by atoms with Gasteiger partial charge in [0.05, 0.1) is 10.6 Å². The highest BCUT2D eigenvalue weighted by molar-refractivity contribution is 7.92. The molecule has 0 radical (unpaired) electrons. The molecule has 1 N–H and O–H groups in total. The summed E-state index contributed by atoms with van der Waals surface area (Å²) in [6, 6.07) is 19.0. The number of rotatable bonds is 4. The number of nitrogens with one attached hydrogen (secondary N) is 1. The first-order chi connectivity index (χ1) is 14.3. The molecule has 1 aliphatic rings. The molecule has 0 saturated carbocycles. The SMILES string of the molecule is Cc1ccc(Cl)cc1NS(=O)(=O)c1ccc2c(c1)C[C@H](C)N2C(=O)c1ccccc1. The van der Waals surface area contributed by atoms with Crippen molar-refractivity contribution < 1.29 is 13.2 Å². The molecule has 0 fully saturated rings. The zero-order chi connectivity index (χ0) is 21.5. The van der Waals surface area contributed by atoms with Crippen LogP contribution in [0, 0.1) is 6.92 Å². The Morgan fingerprint density at radius 1 is 1.07 bits per heavy atom. The fraction of sp³-hybridized carbons (Fsp3) is 0.174. The van der Waals surface area contributed by atoms with Gasteiger partial charge in [-0.25, -0.2) is 8.42 Å². The highest BCUT2D eigenvalue weighted by Crippen LogP contribution is 2.35. The first kappa shape index (κ1) is 20.4. The smallest absolute Gasteiger partial charge is 0.261 e. The number of sulfonamides is 1. The molecule has 3 aromatic carbocycles. The van der Waals surface area contributed by atoms with E-state index in [1.54, 1.807) is 47.4 Å². The molecule has 1 atom stereocenters. The molecule has 0 bridgehead atoms. The third-order valence-electron chi connectivity index (χ3n) is 5.26. The Bertz CT molecular complexity index is 1230. The van der Waals surface area contributed by atoms with Crippen LogP contribution in [-0.4, -0.2) is 20.4 Å². The van der Waals surface area contributed by atoms with Gasteiger partial charge in [-0.3, -0.25) is 9.52 Å². The van der Waals surface area contributed by atoms with Crippen molar-refractivity contribution in [1.82, 2.24) is 0 Å². The molecule has 0 aromatic heterocycles. The lowest BCUT2D eigenvalue weighted by molar-refractivity contribution is 0.0981. The van der Waals surface area contributed by atoms with Gasteiger partial charge < -0.3 is 4.90 Å². The van der Waals surface area contributed by atoms with E-state index >= 15 is 0 Å². The molecule has 30 heavy (non-hydrogen) atoms. The standard InChI is InChI=1S/C23H21ClN2O3S/c1-15-8-9-19(24)14-21(15)25-30(28,29)20-10-11-22-18(13-20)12-16(2)26(22)23(27)17-6-4-3-5-7-17/h3-11,13-14,16,25H,12H2,1-2H3/t16-/m0/s1. The highest BCUT2D eigenvalue weighted by Gasteiger charge is 2.32. The van der Waals surface area contributed by atoms with Crippen molar-refractivity contribution in [3.05, 3.63) is 88.4 Å². The monoisotopic (exact) mass is 440 g/mol. The van der Waals surface area contributed by atoms with Crippen LogP contribution in [-0.2, 0) is 16.4 Å². The molecule has 0 unspecified atom stereocenters. The number of fused-ring (bicyclic) bond motifs is 1. The summed E-state index contributed by atoms with van der Waals surface area (Å²) >= 11 is 6.01. The average Bonchev–Trinajstić information content (AvgIpc) is 3.05. The second-order valence-corrected chi connectivity index (χ2v) is 9.57. The largest absolute Gasteiger partial charge is 0.305 e. The van der Waals surface area contributed by atoms with Gasteiger partial charge in [-0.15, -0.1) is 0 Å². The third-order valence-corrected chi connectivity index (χ3v) is 6.86. The molecule has 5 nitrogen and oxygen atoms in total. The van der Waals surface area contributed by atoms with Gasteiger partial charge >= 0.3 is 0 Å². The van der Waals surface area contributed by atoms with E-state index < -0.39 is 10.0 Å². The topological polar surface area (TPSA) is 66.5 Å². The summed E-state index contributed by atoms with van der Waals surface area (Å²) in [6.45, 7) is 3.77. The third kappa shape index (κ3) is 3.80. The van der Waals surface area contributed by atoms with Crippen LogP contribution in [0.2, 0.25) is 5.02 Å². The van der Waals surface area contributed by atoms with Crippen LogP contribution in [0.25, 0.3) is 0 Å². The Kier molecular flexibility index (Phi) is 5.30. The van der Waals surface area contributed by atoms with E-state index in [1.807, 2.05) is 32.0 Å². The molecule has 154 valence electrons. The Morgan fingerprint density at radius 3 is 2.53 bits per heavy atom. The lowest BCUT2D eigenvalue weighted by atomic mass is 10.1. The van der Waals surface area contributed by atoms with Crippen LogP contribution < -0.4 is 9.62 Å². The summed E-state index contributed by atoms with van der Waals surface area (Å²) in [6.07, 6.45) is 0.591. The predicted octanol–water partition coefficient (Wildman–Crippen LogP) is 5.04. The van der Waals surface area contributed by atoms with E-state index in [-0.39, 0.29) is 16.8 Å². The van der Waals surface area contributed by atoms with Crippen molar-refractivity contribution in [2.24, 2.45) is 0 Å². The average molecular weight is 441 g/mol. The Balaban J connectivity index is 1.65. The van der Waals surface area contributed by atoms with Gasteiger partial charge in [0, 0.05) is 22.3 Å². The second-order valence-electron chi connectivity index (χ2n) is 7.45. The molecule has 1 heterocycles. The number of carbonyl (C=O) groups is 1. The maximum Gasteiger partial charge on any atom is 0.261 e. The Labute approximate surface area is 181 Å². The molecule has 0 spiro atoms. The summed E-state index contributed by atoms with van der Waals surface area (Å²) in [5, 5.41) is 0.455. The quantitative estimate of drug-likeness (QED) is 0.618. The first-order valence-electron chi connectivity index (χ1n) is 9.57. The van der Waals surface area contributed by atoms with Gasteiger partial charge in [0.2, 0.25) is 0 Å². The molecular formula is C23H21ClN2O3S. The van der Waals surface area contributed by atoms with E-state index in [0.29, 0.717) is 22.7 Å². The minimum absolute atomic E-state index is 0.0613. The van der Waals surface area contributed by atoms with E-state index in [4.69, 9.17) is 11.6 Å². The Morgan fingerprint density at radius 2 is 1.80 bits per heavy atom. The first-order valence-corrected chi connectivity index (χ1v) is 11.4. The molecule has 3 aromatic rings. The van der Waals surface area contributed by atoms with Crippen molar-refractivity contribution in [3.63, 3.8) is 0 Å². The van der Waals surface area contributed by atoms with E-state index in [2.05, 4.69) is 4.72 Å². The lowest BCUT2D eigenvalue weighted by Gasteiger charge is -2.23. The number of hydrogen-bond donors (Lipinski definition) is 1. The number of carbonyl (C=O) groups excluding carboxylic acids is 1. The zero-order valence-corrected chi connectivity index (χ0v) is 18.2. The van der Waals surface area contributed by atoms with E-state index in [0.717, 1.165) is 16.8 Å². The van der Waals surface area contributed by atoms with Gasteiger partial charge in [-0.1, -0.05) is 35.9 Å². The predicted molar refractivity (Wildman–Crippen MR) is 120 cm³/mol. The molecule has 4 rings (SSSR count). The van der Waals surface area contributed by atoms with Crippen LogP contribution in [0.5, 0.6) is 0 Å². The van der Waals surface area contributed by atoms with Crippen LogP contribution in [0.15, 0.2) is 71.6 Å². The summed E-state index contributed by atoms with van der Waals surface area (Å²) in [5.74, 6) is -0.0925. The number of hydrogen-bond acceptors (Lipinski definition) is 3. The van der Waals surface area contributed by atoms with Crippen LogP contribution >= 0.6 is 11.6 Å². The van der Waals surface area contributed by atoms with Crippen molar-refractivity contribution >= 4 is 38.9 Å². The van der Waals surface area contributed by atoms with Gasteiger partial charge in [0.1, 0.15) is 0 Å². The second kappa shape index (κ2) is 7.78. The lowest BCUT2D eigenvalue weighted by Crippen LogP contribution is -2.35. The number of benzene rings is 3. The van der Waals surface area contributed by atoms with E-state index in [9.17, 15) is 13.2 Å². The number of amides is 1. The highest BCUT2D eigenvalue weighted by atomic mass is 35.5. The van der Waals surface area contributed by atoms with E-state index in [1.165, 1.54) is 6.07 Å². The van der Waals surface area contributed by atoms with Crippen molar-refractivity contribution in [2.75, 3.05) is 9.62 Å². The van der Waals surface area contributed by atoms with Gasteiger partial charge in [0.25, 0.3) is 15.9 Å². The minimum Gasteiger partial charge on any atom is -0.305 e. The van der Waals surface area contributed by atoms with Crippen LogP contribution in [0.3, 0.4) is 0 Å². The number of halogens is 1. The van der Waals surface area contributed by atoms with Crippen LogP contribution in [0.1, 0.15) is 28.4 Å². The number of nitrogens with zero attached hydrogens (tertiary/aromatic N) is 1. The van der Waals surface area contributed by atoms with Gasteiger partial charge in [0.15, 0.2) is 0 Å². The fourth-order valence-corrected chi connectivity index (χ4v) is 5.06. The normalized spacial score (nSPS) is 15.7. The van der Waals surface area contributed by atoms with Gasteiger partial charge in [-0.2, -0.15) is 0 Å². The molecule has 7 heteroatoms. The van der Waals surface area contributed by atoms with Crippen LogP contribution in [0.4, 0.5) is 11.4 Å². The molecule has 0 saturated heterocycles. The summed E-state index contributed by atoms with van der Waals surface area (Å²) < 4.78 is 28.5. The van der Waals surface area contributed by atoms with Crippen molar-refractivity contribution in [1.29, 1.82) is 0 Å². The summed E-state index contributed by atoms with van der Waals surface area (Å²) in [7, 11) is -3.79. The zero-order valence-electron chi connectivity index (χ0n) is 16.6. The number of anilines is 2. The van der Waals surface area contributed by atoms with Crippen molar-refractivity contribution in [3.8, 4) is 0 Å². The summed E-state index contributed by atoms with van der Waals surface area (Å²) in [4.78, 5) is 14.9.